The van der Waals surface area contributed by atoms with Gasteiger partial charge in [-0.25, -0.2) is 0 Å². The number of hydrogen-bond donors (Lipinski definition) is 0. The zero-order chi connectivity index (χ0) is 6.83. The molecule has 0 aromatic carbocycles. The van der Waals surface area contributed by atoms with Crippen molar-refractivity contribution in [3.8, 4) is 0 Å². The molecule has 0 N–H and O–H groups in total. The summed E-state index contributed by atoms with van der Waals surface area (Å²) in [7, 11) is 0. The van der Waals surface area contributed by atoms with Crippen LogP contribution in [0.4, 0.5) is 0 Å². The first-order valence-corrected chi connectivity index (χ1v) is 3.41. The van der Waals surface area contributed by atoms with E-state index in [4.69, 9.17) is 0 Å². The van der Waals surface area contributed by atoms with Crippen LogP contribution in [-0.4, -0.2) is 47.8 Å². The van der Waals surface area contributed by atoms with E-state index >= 15 is 0 Å². The molecule has 0 amide bonds. The van der Waals surface area contributed by atoms with Crippen molar-refractivity contribution in [3.05, 3.63) is 13.8 Å². The summed E-state index contributed by atoms with van der Waals surface area (Å²) in [6.45, 7) is 11.4. The number of hydrogen-bond acceptors (Lipinski definition) is 0. The van der Waals surface area contributed by atoms with E-state index in [0.29, 0.717) is 0 Å². The largest absolute Gasteiger partial charge is 2.00 e. The third-order valence-electron chi connectivity index (χ3n) is 0.707. The van der Waals surface area contributed by atoms with Crippen LogP contribution in [0.2, 0.25) is 0 Å². The van der Waals surface area contributed by atoms with Gasteiger partial charge in [-0.3, -0.25) is 0 Å². The Bertz CT molecular complexity index is 32.6. The second kappa shape index (κ2) is 87.9. The molecule has 0 bridgehead atoms. The van der Waals surface area contributed by atoms with Crippen molar-refractivity contribution < 1.29 is 49.6 Å². The smallest absolute Gasteiger partial charge is 1.00 e. The Balaban J connectivity index is -0.00000000468. The maximum atomic E-state index is 3.60. The monoisotopic (exact) mass is 528 g/mol. The second-order valence-corrected chi connectivity index (χ2v) is 1.71. The molecule has 15 heavy (non-hydrogen) atoms. The van der Waals surface area contributed by atoms with E-state index in [0.717, 1.165) is 12.8 Å². The minimum atomic E-state index is 0. The summed E-state index contributed by atoms with van der Waals surface area (Å²) in [5, 5.41) is 0. The quantitative estimate of drug-likeness (QED) is 0.313. The predicted octanol–water partition coefficient (Wildman–Crippen LogP) is -9.39. The maximum absolute atomic E-state index is 3.60. The van der Waals surface area contributed by atoms with Gasteiger partial charge in [0.05, 0.1) is 0 Å². The minimum Gasteiger partial charge on any atom is -1.00 e. The van der Waals surface area contributed by atoms with Gasteiger partial charge in [0.2, 0.25) is 0 Å². The first-order chi connectivity index (χ1) is 3.83. The third-order valence-corrected chi connectivity index (χ3v) is 0.707. The third kappa shape index (κ3) is 150. The Kier molecular flexibility index (Phi) is 374. The average Bonchev–Trinajstić information content (AvgIpc) is 1.88. The van der Waals surface area contributed by atoms with Crippen LogP contribution in [0.1, 0.15) is 39.5 Å². The summed E-state index contributed by atoms with van der Waals surface area (Å²) in [5.74, 6) is 0. The van der Waals surface area contributed by atoms with Gasteiger partial charge in [0, 0.05) is 0 Å². The summed E-state index contributed by atoms with van der Waals surface area (Å²) in [4.78, 5) is 0. The average molecular weight is 528 g/mol. The maximum Gasteiger partial charge on any atom is 2.00 e. The Labute approximate surface area is 162 Å². The van der Waals surface area contributed by atoms with Crippen LogP contribution in [0.3, 0.4) is 0 Å². The van der Waals surface area contributed by atoms with Crippen LogP contribution in [-0.2, 0) is 0 Å². The van der Waals surface area contributed by atoms with Crippen molar-refractivity contribution in [1.82, 2.24) is 0 Å². The molecule has 0 heterocycles. The van der Waals surface area contributed by atoms with Crippen molar-refractivity contribution in [2.24, 2.45) is 0 Å². The van der Waals surface area contributed by atoms with E-state index < -0.39 is 0 Å². The normalized spacial score (nSPS) is 4.00. The van der Waals surface area contributed by atoms with E-state index in [9.17, 15) is 0 Å². The summed E-state index contributed by atoms with van der Waals surface area (Å²) >= 11 is 0. The zero-order valence-electron chi connectivity index (χ0n) is 9.25. The molecule has 94 valence electrons. The van der Waals surface area contributed by atoms with Crippen LogP contribution in [0.15, 0.2) is 0 Å². The summed E-state index contributed by atoms with van der Waals surface area (Å²) in [5.41, 5.74) is 0. The fourth-order valence-electron chi connectivity index (χ4n) is 0. The summed E-state index contributed by atoms with van der Waals surface area (Å²) < 4.78 is 0. The molecule has 0 nitrogen and oxygen atoms in total. The van der Waals surface area contributed by atoms with Gasteiger partial charge in [0.15, 0.2) is 0 Å². The molecule has 0 aromatic rings. The van der Waals surface area contributed by atoms with Crippen molar-refractivity contribution in [1.29, 1.82) is 0 Å². The number of rotatable bonds is 2. The number of unbranched alkanes of at least 4 members (excludes halogenated alkanes) is 2. The molecule has 7 heteroatoms. The van der Waals surface area contributed by atoms with Gasteiger partial charge in [-0.2, -0.15) is 13.5 Å². The van der Waals surface area contributed by atoms with Crippen LogP contribution in [0.5, 0.6) is 0 Å². The van der Waals surface area contributed by atoms with Crippen molar-refractivity contribution >= 4 is 61.3 Å². The van der Waals surface area contributed by atoms with Gasteiger partial charge >= 0.3 is 47.8 Å². The fourth-order valence-corrected chi connectivity index (χ4v) is 0. The standard InChI is InChI=1S/2C4H9.4ClH.H2S.2Sn/c2*1-3-4-2;;;;;;;/h2*1,3-4H2,2H3;4*1H;1H2;;/q;;;;;;;2*+2/p-4. The molecule has 0 unspecified atom stereocenters. The molecule has 0 saturated carbocycles. The molecular formula is C8H20Cl4SSn2. The van der Waals surface area contributed by atoms with Gasteiger partial charge in [-0.1, -0.05) is 53.4 Å². The van der Waals surface area contributed by atoms with E-state index in [2.05, 4.69) is 27.7 Å². The van der Waals surface area contributed by atoms with Crippen LogP contribution in [0, 0.1) is 13.8 Å². The zero-order valence-corrected chi connectivity index (χ0v) is 19.0. The van der Waals surface area contributed by atoms with Crippen molar-refractivity contribution in [2.75, 3.05) is 0 Å². The van der Waals surface area contributed by atoms with Crippen LogP contribution in [0.25, 0.3) is 0 Å². The van der Waals surface area contributed by atoms with E-state index in [1.165, 1.54) is 12.8 Å². The molecule has 0 saturated heterocycles. The molecule has 0 aromatic heterocycles. The molecule has 6 radical (unpaired) electrons. The molecule has 0 atom stereocenters. The van der Waals surface area contributed by atoms with Gasteiger partial charge in [-0.05, 0) is 0 Å². The SMILES string of the molecule is S.[CH2]CCC.[CH2]CCC.[Cl-].[Cl-].[Cl-].[Cl-].[Sn+2].[Sn+2]. The molecule has 0 aliphatic heterocycles. The van der Waals surface area contributed by atoms with Crippen molar-refractivity contribution in [3.63, 3.8) is 0 Å². The molecule has 0 aliphatic rings. The second-order valence-electron chi connectivity index (χ2n) is 1.71. The van der Waals surface area contributed by atoms with Gasteiger partial charge in [0.1, 0.15) is 0 Å². The van der Waals surface area contributed by atoms with E-state index in [1.54, 1.807) is 0 Å². The van der Waals surface area contributed by atoms with E-state index in [1.807, 2.05) is 0 Å². The van der Waals surface area contributed by atoms with E-state index in [-0.39, 0.29) is 111 Å². The Hall–Kier alpha value is 3.11. The number of halogens is 4. The Morgan fingerprint density at radius 1 is 0.667 bits per heavy atom. The molecule has 0 spiro atoms. The first kappa shape index (κ1) is 63.9. The topological polar surface area (TPSA) is 0 Å². The Morgan fingerprint density at radius 2 is 0.733 bits per heavy atom. The van der Waals surface area contributed by atoms with Gasteiger partial charge < -0.3 is 49.6 Å². The summed E-state index contributed by atoms with van der Waals surface area (Å²) in [6, 6.07) is 0. The van der Waals surface area contributed by atoms with Gasteiger partial charge in [-0.15, -0.1) is 0 Å². The van der Waals surface area contributed by atoms with Gasteiger partial charge in [0.25, 0.3) is 0 Å². The Morgan fingerprint density at radius 3 is 0.733 bits per heavy atom. The van der Waals surface area contributed by atoms with Crippen molar-refractivity contribution in [2.45, 2.75) is 39.5 Å². The fraction of sp³-hybridized carbons (Fsp3) is 0.750. The van der Waals surface area contributed by atoms with Crippen LogP contribution >= 0.6 is 13.5 Å². The first-order valence-electron chi connectivity index (χ1n) is 3.41. The summed E-state index contributed by atoms with van der Waals surface area (Å²) in [6.07, 6.45) is 4.56. The molecule has 0 rings (SSSR count). The molecule has 0 fully saturated rings. The predicted molar refractivity (Wildman–Crippen MR) is 62.4 cm³/mol. The minimum absolute atomic E-state index is 0. The van der Waals surface area contributed by atoms with Crippen LogP contribution < -0.4 is 49.6 Å². The molecular weight excluding hydrogens is 507 g/mol. The molecule has 0 aliphatic carbocycles.